The Bertz CT molecular complexity index is 691. The topological polar surface area (TPSA) is 60.0 Å². The van der Waals surface area contributed by atoms with Crippen LogP contribution in [0.5, 0.6) is 11.5 Å². The SMILES string of the molecule is COc1ccc(OC)c(C[C@@](O)(c2ccccc2)[C@H]2CNCCO2)c1.Cl. The van der Waals surface area contributed by atoms with Crippen LogP contribution in [-0.2, 0) is 16.8 Å². The second kappa shape index (κ2) is 9.24. The molecule has 1 saturated heterocycles. The molecule has 0 unspecified atom stereocenters. The molecule has 0 amide bonds. The summed E-state index contributed by atoms with van der Waals surface area (Å²) in [6.45, 7) is 1.97. The molecule has 2 aromatic carbocycles. The number of methoxy groups -OCH3 is 2. The number of hydrogen-bond acceptors (Lipinski definition) is 5. The lowest BCUT2D eigenvalue weighted by Gasteiger charge is -2.39. The summed E-state index contributed by atoms with van der Waals surface area (Å²) in [5.74, 6) is 1.45. The van der Waals surface area contributed by atoms with Crippen LogP contribution in [0.15, 0.2) is 48.5 Å². The third kappa shape index (κ3) is 4.30. The van der Waals surface area contributed by atoms with Crippen molar-refractivity contribution in [2.75, 3.05) is 33.9 Å². The number of benzene rings is 2. The molecule has 1 fully saturated rings. The van der Waals surface area contributed by atoms with Crippen molar-refractivity contribution in [2.24, 2.45) is 0 Å². The van der Waals surface area contributed by atoms with Crippen LogP contribution in [0.25, 0.3) is 0 Å². The van der Waals surface area contributed by atoms with E-state index in [1.807, 2.05) is 48.5 Å². The van der Waals surface area contributed by atoms with Crippen molar-refractivity contribution in [3.8, 4) is 11.5 Å². The highest BCUT2D eigenvalue weighted by Gasteiger charge is 2.41. The lowest BCUT2D eigenvalue weighted by molar-refractivity contribution is -0.124. The van der Waals surface area contributed by atoms with Gasteiger partial charge in [0.2, 0.25) is 0 Å². The third-order valence-electron chi connectivity index (χ3n) is 4.68. The summed E-state index contributed by atoms with van der Waals surface area (Å²) in [5.41, 5.74) is 0.532. The van der Waals surface area contributed by atoms with Gasteiger partial charge in [0.15, 0.2) is 0 Å². The Morgan fingerprint density at radius 3 is 2.54 bits per heavy atom. The van der Waals surface area contributed by atoms with Gasteiger partial charge >= 0.3 is 0 Å². The zero-order chi connectivity index (χ0) is 17.7. The van der Waals surface area contributed by atoms with Crippen LogP contribution in [0.2, 0.25) is 0 Å². The number of aliphatic hydroxyl groups is 1. The van der Waals surface area contributed by atoms with Crippen LogP contribution in [0.3, 0.4) is 0 Å². The van der Waals surface area contributed by atoms with Crippen molar-refractivity contribution in [3.63, 3.8) is 0 Å². The molecule has 5 nitrogen and oxygen atoms in total. The summed E-state index contributed by atoms with van der Waals surface area (Å²) in [6.07, 6.45) is 0.0172. The number of ether oxygens (including phenoxy) is 3. The Morgan fingerprint density at radius 1 is 1.15 bits per heavy atom. The van der Waals surface area contributed by atoms with Gasteiger partial charge in [0.25, 0.3) is 0 Å². The smallest absolute Gasteiger partial charge is 0.122 e. The monoisotopic (exact) mass is 379 g/mol. The first-order valence-corrected chi connectivity index (χ1v) is 8.48. The van der Waals surface area contributed by atoms with Crippen LogP contribution < -0.4 is 14.8 Å². The zero-order valence-corrected chi connectivity index (χ0v) is 15.9. The molecule has 0 radical (unpaired) electrons. The molecule has 2 atom stereocenters. The normalized spacial score (nSPS) is 19.1. The summed E-state index contributed by atoms with van der Waals surface area (Å²) in [5, 5.41) is 15.0. The van der Waals surface area contributed by atoms with Crippen molar-refractivity contribution < 1.29 is 19.3 Å². The van der Waals surface area contributed by atoms with Crippen molar-refractivity contribution in [3.05, 3.63) is 59.7 Å². The van der Waals surface area contributed by atoms with Gasteiger partial charge in [0.1, 0.15) is 23.2 Å². The summed E-state index contributed by atoms with van der Waals surface area (Å²) in [7, 11) is 3.26. The van der Waals surface area contributed by atoms with Gasteiger partial charge in [-0.3, -0.25) is 0 Å². The molecular formula is C20H26ClNO4. The van der Waals surface area contributed by atoms with Crippen molar-refractivity contribution >= 4 is 12.4 Å². The average Bonchev–Trinajstić information content (AvgIpc) is 2.69. The first-order valence-electron chi connectivity index (χ1n) is 8.48. The molecular weight excluding hydrogens is 354 g/mol. The summed E-state index contributed by atoms with van der Waals surface area (Å²) in [6, 6.07) is 15.3. The minimum atomic E-state index is -1.17. The fourth-order valence-electron chi connectivity index (χ4n) is 3.31. The predicted molar refractivity (Wildman–Crippen MR) is 103 cm³/mol. The van der Waals surface area contributed by atoms with Crippen LogP contribution in [-0.4, -0.2) is 45.1 Å². The molecule has 0 saturated carbocycles. The molecule has 142 valence electrons. The minimum absolute atomic E-state index is 0. The maximum Gasteiger partial charge on any atom is 0.122 e. The predicted octanol–water partition coefficient (Wildman–Crippen LogP) is 2.54. The zero-order valence-electron chi connectivity index (χ0n) is 15.1. The Kier molecular flexibility index (Phi) is 7.29. The third-order valence-corrected chi connectivity index (χ3v) is 4.68. The first-order chi connectivity index (χ1) is 12.2. The van der Waals surface area contributed by atoms with Crippen molar-refractivity contribution in [1.82, 2.24) is 5.32 Å². The molecule has 1 aliphatic heterocycles. The standard InChI is InChI=1S/C20H25NO4.ClH/c1-23-17-8-9-18(24-2)15(12-17)13-20(22,16-6-4-3-5-7-16)19-14-21-10-11-25-19;/h3-9,12,19,21-22H,10-11,13-14H2,1-2H3;1H/t19-,20-;/m1./s1. The summed E-state index contributed by atoms with van der Waals surface area (Å²) in [4.78, 5) is 0. The number of nitrogens with one attached hydrogen (secondary N) is 1. The molecule has 1 aliphatic rings. The molecule has 3 rings (SSSR count). The molecule has 1 heterocycles. The van der Waals surface area contributed by atoms with Gasteiger partial charge in [-0.2, -0.15) is 0 Å². The van der Waals surface area contributed by atoms with E-state index in [1.165, 1.54) is 0 Å². The highest BCUT2D eigenvalue weighted by molar-refractivity contribution is 5.85. The van der Waals surface area contributed by atoms with E-state index in [9.17, 15) is 5.11 Å². The van der Waals surface area contributed by atoms with Gasteiger partial charge in [-0.05, 0) is 23.8 Å². The van der Waals surface area contributed by atoms with Crippen LogP contribution in [0.1, 0.15) is 11.1 Å². The largest absolute Gasteiger partial charge is 0.497 e. The Labute approximate surface area is 160 Å². The lowest BCUT2D eigenvalue weighted by atomic mass is 9.81. The number of halogens is 1. The molecule has 0 spiro atoms. The number of rotatable bonds is 6. The van der Waals surface area contributed by atoms with E-state index in [2.05, 4.69) is 5.32 Å². The Morgan fingerprint density at radius 2 is 1.92 bits per heavy atom. The van der Waals surface area contributed by atoms with Gasteiger partial charge in [-0.25, -0.2) is 0 Å². The van der Waals surface area contributed by atoms with Gasteiger partial charge in [-0.1, -0.05) is 30.3 Å². The minimum Gasteiger partial charge on any atom is -0.497 e. The Hall–Kier alpha value is -1.79. The van der Waals surface area contributed by atoms with Crippen LogP contribution in [0.4, 0.5) is 0 Å². The highest BCUT2D eigenvalue weighted by Crippen LogP contribution is 2.36. The van der Waals surface area contributed by atoms with E-state index >= 15 is 0 Å². The summed E-state index contributed by atoms with van der Waals surface area (Å²) >= 11 is 0. The van der Waals surface area contributed by atoms with E-state index in [1.54, 1.807) is 14.2 Å². The molecule has 26 heavy (non-hydrogen) atoms. The molecule has 6 heteroatoms. The van der Waals surface area contributed by atoms with Gasteiger partial charge < -0.3 is 24.6 Å². The van der Waals surface area contributed by atoms with E-state index < -0.39 is 5.60 Å². The van der Waals surface area contributed by atoms with E-state index in [4.69, 9.17) is 14.2 Å². The molecule has 2 N–H and O–H groups in total. The molecule has 0 aromatic heterocycles. The lowest BCUT2D eigenvalue weighted by Crippen LogP contribution is -2.52. The van der Waals surface area contributed by atoms with E-state index in [-0.39, 0.29) is 18.5 Å². The van der Waals surface area contributed by atoms with Crippen molar-refractivity contribution in [1.29, 1.82) is 0 Å². The maximum absolute atomic E-state index is 11.7. The second-order valence-corrected chi connectivity index (χ2v) is 6.21. The Balaban J connectivity index is 0.00000243. The van der Waals surface area contributed by atoms with Crippen LogP contribution in [0, 0.1) is 0 Å². The highest BCUT2D eigenvalue weighted by atomic mass is 35.5. The fourth-order valence-corrected chi connectivity index (χ4v) is 3.31. The van der Waals surface area contributed by atoms with Gasteiger partial charge in [0, 0.05) is 25.1 Å². The van der Waals surface area contributed by atoms with Gasteiger partial charge in [-0.15, -0.1) is 12.4 Å². The van der Waals surface area contributed by atoms with Crippen LogP contribution >= 0.6 is 12.4 Å². The fraction of sp³-hybridized carbons (Fsp3) is 0.400. The number of morpholine rings is 1. The number of hydrogen-bond donors (Lipinski definition) is 2. The quantitative estimate of drug-likeness (QED) is 0.807. The first kappa shape index (κ1) is 20.5. The van der Waals surface area contributed by atoms with Gasteiger partial charge in [0.05, 0.1) is 20.8 Å². The van der Waals surface area contributed by atoms with E-state index in [0.29, 0.717) is 19.6 Å². The second-order valence-electron chi connectivity index (χ2n) is 6.21. The van der Waals surface area contributed by atoms with Crippen molar-refractivity contribution in [2.45, 2.75) is 18.1 Å². The summed E-state index contributed by atoms with van der Waals surface area (Å²) < 4.78 is 16.7. The average molecular weight is 380 g/mol. The molecule has 0 aliphatic carbocycles. The van der Waals surface area contributed by atoms with E-state index in [0.717, 1.165) is 29.2 Å². The molecule has 0 bridgehead atoms. The maximum atomic E-state index is 11.7. The molecule has 2 aromatic rings.